The van der Waals surface area contributed by atoms with E-state index >= 15 is 0 Å². The van der Waals surface area contributed by atoms with Crippen molar-refractivity contribution in [3.05, 3.63) is 26.9 Å². The van der Waals surface area contributed by atoms with Gasteiger partial charge in [0.2, 0.25) is 0 Å². The SMILES string of the molecule is C=CCOCC(O)COCC(O)CO[CH2-].[CH2-]O.[Rf]. The maximum Gasteiger partial charge on any atom is 0.101 e. The van der Waals surface area contributed by atoms with Crippen molar-refractivity contribution in [3.8, 4) is 0 Å². The molecule has 0 aromatic carbocycles. The van der Waals surface area contributed by atoms with E-state index in [0.29, 0.717) is 6.61 Å². The Labute approximate surface area is 102 Å². The average Bonchev–Trinajstić information content (AvgIpc) is 2.32. The third kappa shape index (κ3) is 16.9. The van der Waals surface area contributed by atoms with Crippen molar-refractivity contribution in [3.63, 3.8) is 0 Å². The molecule has 0 aliphatic rings. The molecule has 6 nitrogen and oxygen atoms in total. The number of aliphatic hydroxyl groups is 3. The summed E-state index contributed by atoms with van der Waals surface area (Å²) in [5.74, 6) is 0. The quantitative estimate of drug-likeness (QED) is 0.213. The molecule has 0 aromatic rings. The molecule has 2 unspecified atom stereocenters. The number of ether oxygens (including phenoxy) is 3. The third-order valence-corrected chi connectivity index (χ3v) is 1.48. The Morgan fingerprint density at radius 1 is 1.00 bits per heavy atom. The molecule has 18 heavy (non-hydrogen) atoms. The number of rotatable bonds is 10. The van der Waals surface area contributed by atoms with Gasteiger partial charge < -0.3 is 29.5 Å². The van der Waals surface area contributed by atoms with Gasteiger partial charge in [-0.25, -0.2) is 14.2 Å². The molecule has 0 aliphatic carbocycles. The molecule has 0 amide bonds. The second-order valence-electron chi connectivity index (χ2n) is 3.04. The van der Waals surface area contributed by atoms with Gasteiger partial charge in [-0.1, -0.05) is 6.08 Å². The molecular weight excluding hydrogens is 495 g/mol. The van der Waals surface area contributed by atoms with Crippen LogP contribution in [0.1, 0.15) is 0 Å². The first-order valence-corrected chi connectivity index (χ1v) is 5.01. The van der Waals surface area contributed by atoms with E-state index in [1.54, 1.807) is 6.08 Å². The third-order valence-electron chi connectivity index (χ3n) is 1.48. The van der Waals surface area contributed by atoms with Gasteiger partial charge in [-0.05, 0) is 0 Å². The normalized spacial score (nSPS) is 12.7. The largest absolute Gasteiger partial charge is 0.569 e. The summed E-state index contributed by atoms with van der Waals surface area (Å²) >= 11 is 0. The molecule has 106 valence electrons. The first-order valence-electron chi connectivity index (χ1n) is 5.01. The van der Waals surface area contributed by atoms with Gasteiger partial charge in [-0.2, -0.15) is 0 Å². The fourth-order valence-corrected chi connectivity index (χ4v) is 0.860. The van der Waals surface area contributed by atoms with E-state index in [-0.39, 0.29) is 26.4 Å². The van der Waals surface area contributed by atoms with Crippen LogP contribution in [0.2, 0.25) is 0 Å². The fraction of sp³-hybridized carbons (Fsp3) is 0.636. The summed E-state index contributed by atoms with van der Waals surface area (Å²) in [6.45, 7) is 4.39. The average molecular weight is 517 g/mol. The van der Waals surface area contributed by atoms with Crippen LogP contribution in [0.5, 0.6) is 0 Å². The van der Waals surface area contributed by atoms with E-state index in [9.17, 15) is 5.11 Å². The van der Waals surface area contributed by atoms with Crippen LogP contribution in [0.15, 0.2) is 12.7 Å². The molecule has 0 aromatic heterocycles. The Hall–Kier alpha value is -1.50. The first kappa shape index (κ1) is 21.8. The van der Waals surface area contributed by atoms with Gasteiger partial charge in [-0.15, -0.1) is 6.58 Å². The van der Waals surface area contributed by atoms with Crippen molar-refractivity contribution < 1.29 is 29.5 Å². The molecule has 0 heterocycles. The molecule has 0 aliphatic heterocycles. The molecule has 0 saturated carbocycles. The molecule has 0 radical (unpaired) electrons. The topological polar surface area (TPSA) is 88.4 Å². The molecule has 7 heteroatoms. The number of hydrogen-bond donors (Lipinski definition) is 3. The van der Waals surface area contributed by atoms with Crippen molar-refractivity contribution in [2.45, 2.75) is 12.2 Å². The van der Waals surface area contributed by atoms with Crippen LogP contribution < -0.4 is 0 Å². The van der Waals surface area contributed by atoms with Crippen molar-refractivity contribution in [1.82, 2.24) is 0 Å². The summed E-state index contributed by atoms with van der Waals surface area (Å²) in [5.41, 5.74) is 0. The number of hydrogen-bond acceptors (Lipinski definition) is 6. The summed E-state index contributed by atoms with van der Waals surface area (Å²) in [6, 6.07) is 0. The van der Waals surface area contributed by atoms with E-state index < -0.39 is 12.2 Å². The monoisotopic (exact) mass is 517 g/mol. The van der Waals surface area contributed by atoms with Crippen molar-refractivity contribution in [1.29, 1.82) is 0 Å². The summed E-state index contributed by atoms with van der Waals surface area (Å²) in [5, 5.41) is 25.2. The Balaban J connectivity index is -0.000000709. The molecular formula is C11H22O6Rf-2. The summed E-state index contributed by atoms with van der Waals surface area (Å²) in [4.78, 5) is 0. The van der Waals surface area contributed by atoms with Gasteiger partial charge in [0.15, 0.2) is 0 Å². The predicted octanol–water partition coefficient (Wildman–Crippen LogP) is -0.114. The van der Waals surface area contributed by atoms with Gasteiger partial charge in [0.05, 0.1) is 32.5 Å². The van der Waals surface area contributed by atoms with Crippen LogP contribution in [0.4, 0.5) is 0 Å². The van der Waals surface area contributed by atoms with Crippen molar-refractivity contribution in [2.24, 2.45) is 0 Å². The van der Waals surface area contributed by atoms with E-state index in [1.165, 1.54) is 0 Å². The van der Waals surface area contributed by atoms with Crippen LogP contribution in [0, 0.1) is 14.2 Å². The molecule has 3 N–H and O–H groups in total. The molecule has 0 bridgehead atoms. The predicted molar refractivity (Wildman–Crippen MR) is 62.5 cm³/mol. The molecule has 0 fully saturated rings. The minimum Gasteiger partial charge on any atom is -0.569 e. The van der Waals surface area contributed by atoms with Gasteiger partial charge >= 0.3 is 0 Å². The van der Waals surface area contributed by atoms with E-state index in [1.807, 2.05) is 0 Å². The Bertz CT molecular complexity index is 158. The zero-order chi connectivity index (χ0) is 13.5. The maximum atomic E-state index is 9.31. The van der Waals surface area contributed by atoms with Gasteiger partial charge in [-0.3, -0.25) is 0 Å². The zero-order valence-corrected chi connectivity index (χ0v) is 17.1. The summed E-state index contributed by atoms with van der Waals surface area (Å²) in [6.07, 6.45) is 0.185. The maximum absolute atomic E-state index is 9.31. The Kier molecular flexibility index (Phi) is 21.6. The van der Waals surface area contributed by atoms with E-state index in [2.05, 4.69) is 25.5 Å². The second-order valence-corrected chi connectivity index (χ2v) is 3.04. The van der Waals surface area contributed by atoms with Crippen molar-refractivity contribution >= 4 is 0 Å². The summed E-state index contributed by atoms with van der Waals surface area (Å²) in [7, 11) is 5.37. The van der Waals surface area contributed by atoms with Crippen LogP contribution >= 0.6 is 0 Å². The van der Waals surface area contributed by atoms with Crippen molar-refractivity contribution in [2.75, 3.05) is 33.0 Å². The minimum absolute atomic E-state index is 0. The Morgan fingerprint density at radius 2 is 1.44 bits per heavy atom. The van der Waals surface area contributed by atoms with E-state index in [4.69, 9.17) is 19.7 Å². The molecule has 0 rings (SSSR count). The molecule has 2 atom stereocenters. The van der Waals surface area contributed by atoms with Gasteiger partial charge in [0.1, 0.15) is 6.10 Å². The molecule has 0 saturated heterocycles. The van der Waals surface area contributed by atoms with E-state index in [0.717, 1.165) is 0 Å². The number of aliphatic hydroxyl groups excluding tert-OH is 3. The minimum atomic E-state index is -0.719. The Morgan fingerprint density at radius 3 is 1.89 bits per heavy atom. The van der Waals surface area contributed by atoms with Crippen LogP contribution in [0.3, 0.4) is 0 Å². The summed E-state index contributed by atoms with van der Waals surface area (Å²) < 4.78 is 14.5. The smallest absolute Gasteiger partial charge is 0.101 e. The van der Waals surface area contributed by atoms with Crippen LogP contribution in [0.25, 0.3) is 0 Å². The van der Waals surface area contributed by atoms with Crippen LogP contribution in [-0.2, 0) is 14.2 Å². The van der Waals surface area contributed by atoms with Crippen LogP contribution in [-0.4, -0.2) is 60.6 Å². The fourth-order valence-electron chi connectivity index (χ4n) is 0.860. The zero-order valence-electron chi connectivity index (χ0n) is 10.7. The first-order chi connectivity index (χ1) is 8.20. The second kappa shape index (κ2) is 17.9. The standard InChI is InChI=1S/C10H19O5.CH3O.Rf/c1-3-4-14-6-10(12)8-15-7-9(11)5-13-2;1-2;/h3,9-12H,1-2,4-8H2;2H,1H2;/q2*-1;. The molecule has 0 spiro atoms. The van der Waals surface area contributed by atoms with Gasteiger partial charge in [0.25, 0.3) is 0 Å². The van der Waals surface area contributed by atoms with Gasteiger partial charge in [0, 0.05) is 6.61 Å².